The lowest BCUT2D eigenvalue weighted by atomic mass is 10.0. The minimum absolute atomic E-state index is 0.00375. The Labute approximate surface area is 141 Å². The number of nitrogens with zero attached hydrogens (tertiary/aromatic N) is 2. The monoisotopic (exact) mass is 332 g/mol. The number of rotatable bonds is 3. The van der Waals surface area contributed by atoms with Gasteiger partial charge in [-0.25, -0.2) is 4.79 Å². The van der Waals surface area contributed by atoms with Crippen molar-refractivity contribution in [1.29, 1.82) is 0 Å². The first-order valence-electron chi connectivity index (χ1n) is 8.53. The van der Waals surface area contributed by atoms with Crippen LogP contribution in [0.4, 0.5) is 4.79 Å². The summed E-state index contributed by atoms with van der Waals surface area (Å²) < 4.78 is 0. The highest BCUT2D eigenvalue weighted by Gasteiger charge is 2.32. The van der Waals surface area contributed by atoms with Crippen LogP contribution in [0.3, 0.4) is 0 Å². The number of likely N-dealkylation sites (tertiary alicyclic amines) is 1. The molecule has 3 amide bonds. The third-order valence-corrected chi connectivity index (χ3v) is 4.82. The largest absolute Gasteiger partial charge is 0.338 e. The molecule has 0 bridgehead atoms. The summed E-state index contributed by atoms with van der Waals surface area (Å²) in [6.07, 6.45) is 1.55. The lowest BCUT2D eigenvalue weighted by Crippen LogP contribution is -2.47. The summed E-state index contributed by atoms with van der Waals surface area (Å²) >= 11 is 0. The number of nitrogens with one attached hydrogen (secondary N) is 2. The number of H-pyrrole nitrogens is 1. The van der Waals surface area contributed by atoms with Gasteiger partial charge in [-0.15, -0.1) is 0 Å². The van der Waals surface area contributed by atoms with Crippen molar-refractivity contribution in [1.82, 2.24) is 20.1 Å². The van der Waals surface area contributed by atoms with Crippen LogP contribution in [0.1, 0.15) is 48.7 Å². The van der Waals surface area contributed by atoms with Gasteiger partial charge in [-0.1, -0.05) is 13.8 Å². The minimum atomic E-state index is -0.242. The Hall–Kier alpha value is -2.31. The van der Waals surface area contributed by atoms with Crippen LogP contribution in [0, 0.1) is 0 Å². The number of hydrogen-bond acceptors (Lipinski definition) is 3. The van der Waals surface area contributed by atoms with Crippen molar-refractivity contribution in [2.24, 2.45) is 0 Å². The first-order chi connectivity index (χ1) is 11.5. The fourth-order valence-corrected chi connectivity index (χ4v) is 3.40. The van der Waals surface area contributed by atoms with E-state index in [1.807, 2.05) is 18.7 Å². The maximum absolute atomic E-state index is 12.7. The van der Waals surface area contributed by atoms with E-state index in [4.69, 9.17) is 0 Å². The van der Waals surface area contributed by atoms with Crippen molar-refractivity contribution < 1.29 is 9.59 Å². The number of aromatic amines is 1. The molecular weight excluding hydrogens is 308 g/mol. The van der Waals surface area contributed by atoms with Gasteiger partial charge in [0.1, 0.15) is 0 Å². The van der Waals surface area contributed by atoms with Gasteiger partial charge in [0.15, 0.2) is 0 Å². The topological polar surface area (TPSA) is 85.5 Å². The second kappa shape index (κ2) is 6.67. The summed E-state index contributed by atoms with van der Waals surface area (Å²) in [6, 6.07) is 3.33. The summed E-state index contributed by atoms with van der Waals surface area (Å²) in [5.41, 5.74) is 0.975. The van der Waals surface area contributed by atoms with Gasteiger partial charge >= 0.3 is 6.03 Å². The number of aromatic nitrogens is 1. The Morgan fingerprint density at radius 2 is 1.88 bits per heavy atom. The van der Waals surface area contributed by atoms with E-state index in [-0.39, 0.29) is 29.5 Å². The first-order valence-corrected chi connectivity index (χ1v) is 8.53. The maximum atomic E-state index is 12.7. The van der Waals surface area contributed by atoms with Gasteiger partial charge in [-0.05, 0) is 24.8 Å². The average molecular weight is 332 g/mol. The predicted molar refractivity (Wildman–Crippen MR) is 90.2 cm³/mol. The van der Waals surface area contributed by atoms with E-state index in [9.17, 15) is 14.4 Å². The van der Waals surface area contributed by atoms with E-state index in [2.05, 4.69) is 10.3 Å². The first kappa shape index (κ1) is 16.5. The zero-order chi connectivity index (χ0) is 17.3. The van der Waals surface area contributed by atoms with Gasteiger partial charge in [0.25, 0.3) is 5.91 Å². The minimum Gasteiger partial charge on any atom is -0.338 e. The molecule has 3 heterocycles. The number of piperidine rings is 1. The number of hydrogen-bond donors (Lipinski definition) is 2. The zero-order valence-corrected chi connectivity index (χ0v) is 14.2. The number of amides is 3. The quantitative estimate of drug-likeness (QED) is 0.870. The molecule has 24 heavy (non-hydrogen) atoms. The predicted octanol–water partition coefficient (Wildman–Crippen LogP) is 1.13. The SMILES string of the molecule is CC(C)c1cc(C(=O)N2CCC(N3CCNC3=O)CC2)cc(=O)[nH]1. The Bertz CT molecular complexity index is 689. The third kappa shape index (κ3) is 3.29. The van der Waals surface area contributed by atoms with Crippen molar-refractivity contribution in [2.45, 2.75) is 38.6 Å². The van der Waals surface area contributed by atoms with Gasteiger partial charge in [0.2, 0.25) is 5.56 Å². The van der Waals surface area contributed by atoms with Crippen LogP contribution in [0.5, 0.6) is 0 Å². The molecule has 7 heteroatoms. The van der Waals surface area contributed by atoms with Crippen molar-refractivity contribution in [3.05, 3.63) is 33.7 Å². The van der Waals surface area contributed by atoms with Crippen LogP contribution in [0.15, 0.2) is 16.9 Å². The van der Waals surface area contributed by atoms with Crippen LogP contribution in [-0.2, 0) is 0 Å². The fourth-order valence-electron chi connectivity index (χ4n) is 3.40. The van der Waals surface area contributed by atoms with Gasteiger partial charge in [0, 0.05) is 49.5 Å². The second-order valence-corrected chi connectivity index (χ2v) is 6.79. The molecular formula is C17H24N4O3. The second-order valence-electron chi connectivity index (χ2n) is 6.79. The molecule has 130 valence electrons. The number of urea groups is 1. The van der Waals surface area contributed by atoms with Crippen LogP contribution < -0.4 is 10.9 Å². The fraction of sp³-hybridized carbons (Fsp3) is 0.588. The molecule has 7 nitrogen and oxygen atoms in total. The molecule has 0 atom stereocenters. The van der Waals surface area contributed by atoms with Gasteiger partial charge in [-0.3, -0.25) is 9.59 Å². The standard InChI is InChI=1S/C17H24N4O3/c1-11(2)14-9-12(10-15(22)19-14)16(23)20-6-3-13(4-7-20)21-8-5-18-17(21)24/h9-11,13H,3-8H2,1-2H3,(H,18,24)(H,19,22). The Balaban J connectivity index is 1.67. The summed E-state index contributed by atoms with van der Waals surface area (Å²) in [7, 11) is 0. The molecule has 0 unspecified atom stereocenters. The average Bonchev–Trinajstić information content (AvgIpc) is 2.99. The Kier molecular flexibility index (Phi) is 4.59. The van der Waals surface area contributed by atoms with Crippen LogP contribution >= 0.6 is 0 Å². The molecule has 2 aliphatic heterocycles. The zero-order valence-electron chi connectivity index (χ0n) is 14.2. The molecule has 0 spiro atoms. The van der Waals surface area contributed by atoms with Crippen LogP contribution in [0.2, 0.25) is 0 Å². The van der Waals surface area contributed by atoms with E-state index < -0.39 is 0 Å². The molecule has 2 fully saturated rings. The third-order valence-electron chi connectivity index (χ3n) is 4.82. The van der Waals surface area contributed by atoms with E-state index in [1.165, 1.54) is 6.07 Å². The van der Waals surface area contributed by atoms with E-state index >= 15 is 0 Å². The summed E-state index contributed by atoms with van der Waals surface area (Å²) in [5, 5.41) is 2.82. The Morgan fingerprint density at radius 1 is 1.17 bits per heavy atom. The van der Waals surface area contributed by atoms with Gasteiger partial charge < -0.3 is 20.1 Å². The summed E-state index contributed by atoms with van der Waals surface area (Å²) in [6.45, 7) is 6.61. The highest BCUT2D eigenvalue weighted by atomic mass is 16.2. The lowest BCUT2D eigenvalue weighted by Gasteiger charge is -2.36. The molecule has 0 aliphatic carbocycles. The molecule has 2 aliphatic rings. The molecule has 1 aromatic rings. The maximum Gasteiger partial charge on any atom is 0.317 e. The molecule has 0 radical (unpaired) electrons. The molecule has 2 saturated heterocycles. The van der Waals surface area contributed by atoms with E-state index in [0.29, 0.717) is 25.2 Å². The smallest absolute Gasteiger partial charge is 0.317 e. The number of pyridine rings is 1. The molecule has 0 saturated carbocycles. The molecule has 0 aromatic carbocycles. The van der Waals surface area contributed by atoms with E-state index in [0.717, 1.165) is 25.1 Å². The van der Waals surface area contributed by atoms with Crippen LogP contribution in [0.25, 0.3) is 0 Å². The van der Waals surface area contributed by atoms with E-state index in [1.54, 1.807) is 11.0 Å². The van der Waals surface area contributed by atoms with Crippen molar-refractivity contribution >= 4 is 11.9 Å². The van der Waals surface area contributed by atoms with Crippen molar-refractivity contribution in [3.63, 3.8) is 0 Å². The van der Waals surface area contributed by atoms with Crippen molar-refractivity contribution in [2.75, 3.05) is 26.2 Å². The number of carbonyl (C=O) groups excluding carboxylic acids is 2. The number of carbonyl (C=O) groups is 2. The Morgan fingerprint density at radius 3 is 2.46 bits per heavy atom. The summed E-state index contributed by atoms with van der Waals surface area (Å²) in [5.74, 6) is 0.0530. The van der Waals surface area contributed by atoms with Crippen molar-refractivity contribution in [3.8, 4) is 0 Å². The molecule has 2 N–H and O–H groups in total. The van der Waals surface area contributed by atoms with Gasteiger partial charge in [0.05, 0.1) is 0 Å². The molecule has 1 aromatic heterocycles. The lowest BCUT2D eigenvalue weighted by molar-refractivity contribution is 0.0665. The highest BCUT2D eigenvalue weighted by molar-refractivity contribution is 5.94. The highest BCUT2D eigenvalue weighted by Crippen LogP contribution is 2.20. The molecule has 3 rings (SSSR count). The van der Waals surface area contributed by atoms with Gasteiger partial charge in [-0.2, -0.15) is 0 Å². The summed E-state index contributed by atoms with van der Waals surface area (Å²) in [4.78, 5) is 42.7. The normalized spacial score (nSPS) is 19.0. The van der Waals surface area contributed by atoms with Crippen LogP contribution in [-0.4, -0.2) is 58.9 Å².